The zero-order chi connectivity index (χ0) is 11.7. The van der Waals surface area contributed by atoms with Gasteiger partial charge in [0.1, 0.15) is 0 Å². The highest BCUT2D eigenvalue weighted by atomic mass is 79.9. The molecule has 0 radical (unpaired) electrons. The summed E-state index contributed by atoms with van der Waals surface area (Å²) in [5, 5.41) is 0. The van der Waals surface area contributed by atoms with E-state index in [0.29, 0.717) is 16.2 Å². The summed E-state index contributed by atoms with van der Waals surface area (Å²) < 4.78 is 5.57. The molecule has 2 unspecified atom stereocenters. The summed E-state index contributed by atoms with van der Waals surface area (Å²) in [5.74, 6) is 0.429. The summed E-state index contributed by atoms with van der Waals surface area (Å²) in [6, 6.07) is 1.83. The first kappa shape index (κ1) is 11.7. The van der Waals surface area contributed by atoms with Crippen LogP contribution in [0.5, 0.6) is 0 Å². The Kier molecular flexibility index (Phi) is 3.35. The van der Waals surface area contributed by atoms with Crippen LogP contribution in [0.2, 0.25) is 0 Å². The number of furan rings is 1. The normalized spacial score (nSPS) is 22.4. The first-order chi connectivity index (χ1) is 7.59. The number of halogens is 1. The molecule has 1 aliphatic rings. The summed E-state index contributed by atoms with van der Waals surface area (Å²) in [7, 11) is 0. The molecule has 2 atom stereocenters. The minimum absolute atomic E-state index is 0.0174. The van der Waals surface area contributed by atoms with Crippen LogP contribution < -0.4 is 5.73 Å². The molecule has 5 heteroatoms. The molecule has 1 aromatic rings. The van der Waals surface area contributed by atoms with E-state index >= 15 is 0 Å². The zero-order valence-electron chi connectivity index (χ0n) is 9.15. The lowest BCUT2D eigenvalue weighted by molar-refractivity contribution is 0.0784. The second-order valence-corrected chi connectivity index (χ2v) is 4.99. The van der Waals surface area contributed by atoms with Crippen LogP contribution in [-0.4, -0.2) is 29.9 Å². The van der Waals surface area contributed by atoms with Crippen LogP contribution in [0.4, 0.5) is 0 Å². The van der Waals surface area contributed by atoms with Crippen LogP contribution in [0, 0.1) is 5.92 Å². The van der Waals surface area contributed by atoms with Gasteiger partial charge in [-0.2, -0.15) is 0 Å². The standard InChI is InChI=1S/C11H15BrN2O2/c1-7(13)8-2-4-14(6-8)11(15)9-3-5-16-10(9)12/h3,5,7-8H,2,4,6,13H2,1H3. The Bertz CT molecular complexity index is 389. The third kappa shape index (κ3) is 2.15. The van der Waals surface area contributed by atoms with E-state index in [1.54, 1.807) is 6.07 Å². The van der Waals surface area contributed by atoms with Crippen molar-refractivity contribution in [2.75, 3.05) is 13.1 Å². The fourth-order valence-electron chi connectivity index (χ4n) is 2.02. The Hall–Kier alpha value is -0.810. The number of hydrogen-bond acceptors (Lipinski definition) is 3. The molecule has 2 N–H and O–H groups in total. The van der Waals surface area contributed by atoms with E-state index in [-0.39, 0.29) is 11.9 Å². The molecule has 1 saturated heterocycles. The smallest absolute Gasteiger partial charge is 0.258 e. The van der Waals surface area contributed by atoms with E-state index in [1.165, 1.54) is 6.26 Å². The number of rotatable bonds is 2. The van der Waals surface area contributed by atoms with E-state index in [0.717, 1.165) is 19.5 Å². The predicted molar refractivity (Wildman–Crippen MR) is 64.1 cm³/mol. The lowest BCUT2D eigenvalue weighted by atomic mass is 10.0. The number of carbonyl (C=O) groups excluding carboxylic acids is 1. The fraction of sp³-hybridized carbons (Fsp3) is 0.545. The third-order valence-electron chi connectivity index (χ3n) is 3.10. The van der Waals surface area contributed by atoms with Crippen molar-refractivity contribution in [2.45, 2.75) is 19.4 Å². The Labute approximate surface area is 103 Å². The number of carbonyl (C=O) groups is 1. The van der Waals surface area contributed by atoms with Crippen molar-refractivity contribution in [3.8, 4) is 0 Å². The average Bonchev–Trinajstić information content (AvgIpc) is 2.84. The molecule has 1 amide bonds. The molecule has 2 rings (SSSR count). The quantitative estimate of drug-likeness (QED) is 0.903. The summed E-state index contributed by atoms with van der Waals surface area (Å²) in [4.78, 5) is 13.9. The van der Waals surface area contributed by atoms with Crippen LogP contribution in [0.1, 0.15) is 23.7 Å². The van der Waals surface area contributed by atoms with Crippen molar-refractivity contribution in [3.63, 3.8) is 0 Å². The van der Waals surface area contributed by atoms with Crippen LogP contribution in [-0.2, 0) is 0 Å². The van der Waals surface area contributed by atoms with E-state index in [1.807, 2.05) is 11.8 Å². The van der Waals surface area contributed by atoms with E-state index in [4.69, 9.17) is 10.2 Å². The topological polar surface area (TPSA) is 59.5 Å². The minimum Gasteiger partial charge on any atom is -0.457 e. The summed E-state index contributed by atoms with van der Waals surface area (Å²) in [6.45, 7) is 3.52. The van der Waals surface area contributed by atoms with E-state index in [9.17, 15) is 4.79 Å². The van der Waals surface area contributed by atoms with Gasteiger partial charge in [-0.05, 0) is 41.3 Å². The number of nitrogens with zero attached hydrogens (tertiary/aromatic N) is 1. The highest BCUT2D eigenvalue weighted by Crippen LogP contribution is 2.24. The zero-order valence-corrected chi connectivity index (χ0v) is 10.7. The molecular weight excluding hydrogens is 272 g/mol. The largest absolute Gasteiger partial charge is 0.457 e. The van der Waals surface area contributed by atoms with Crippen molar-refractivity contribution >= 4 is 21.8 Å². The van der Waals surface area contributed by atoms with Gasteiger partial charge >= 0.3 is 0 Å². The van der Waals surface area contributed by atoms with Crippen LogP contribution in [0.3, 0.4) is 0 Å². The van der Waals surface area contributed by atoms with Gasteiger partial charge in [0.2, 0.25) is 0 Å². The van der Waals surface area contributed by atoms with Gasteiger partial charge in [-0.3, -0.25) is 4.79 Å². The molecule has 1 aromatic heterocycles. The molecule has 1 fully saturated rings. The van der Waals surface area contributed by atoms with Gasteiger partial charge in [-0.15, -0.1) is 0 Å². The molecule has 0 bridgehead atoms. The van der Waals surface area contributed by atoms with Gasteiger partial charge in [0, 0.05) is 19.1 Å². The van der Waals surface area contributed by atoms with E-state index < -0.39 is 0 Å². The van der Waals surface area contributed by atoms with Crippen LogP contribution in [0.15, 0.2) is 21.4 Å². The second kappa shape index (κ2) is 4.59. The minimum atomic E-state index is 0.0174. The molecule has 0 aliphatic carbocycles. The molecular formula is C11H15BrN2O2. The Balaban J connectivity index is 2.05. The number of hydrogen-bond donors (Lipinski definition) is 1. The Morgan fingerprint density at radius 3 is 3.00 bits per heavy atom. The highest BCUT2D eigenvalue weighted by molar-refractivity contribution is 9.10. The molecule has 2 heterocycles. The van der Waals surface area contributed by atoms with Crippen LogP contribution >= 0.6 is 15.9 Å². The first-order valence-corrected chi connectivity index (χ1v) is 6.16. The molecule has 1 aliphatic heterocycles. The van der Waals surface area contributed by atoms with Gasteiger partial charge in [0.15, 0.2) is 4.67 Å². The first-order valence-electron chi connectivity index (χ1n) is 5.37. The van der Waals surface area contributed by atoms with Gasteiger partial charge in [0.05, 0.1) is 11.8 Å². The average molecular weight is 287 g/mol. The van der Waals surface area contributed by atoms with Crippen molar-refractivity contribution in [1.29, 1.82) is 0 Å². The number of amides is 1. The summed E-state index contributed by atoms with van der Waals surface area (Å²) in [5.41, 5.74) is 6.43. The Morgan fingerprint density at radius 2 is 2.50 bits per heavy atom. The van der Waals surface area contributed by atoms with Crippen LogP contribution in [0.25, 0.3) is 0 Å². The van der Waals surface area contributed by atoms with Gasteiger partial charge in [-0.25, -0.2) is 0 Å². The van der Waals surface area contributed by atoms with Gasteiger partial charge in [0.25, 0.3) is 5.91 Å². The molecule has 0 aromatic carbocycles. The molecule has 0 saturated carbocycles. The maximum atomic E-state index is 12.1. The van der Waals surface area contributed by atoms with Crippen molar-refractivity contribution in [1.82, 2.24) is 4.90 Å². The predicted octanol–water partition coefficient (Wildman–Crippen LogP) is 1.85. The lowest BCUT2D eigenvalue weighted by Gasteiger charge is -2.17. The fourth-order valence-corrected chi connectivity index (χ4v) is 2.43. The van der Waals surface area contributed by atoms with Crippen molar-refractivity contribution in [3.05, 3.63) is 22.6 Å². The Morgan fingerprint density at radius 1 is 1.75 bits per heavy atom. The number of nitrogens with two attached hydrogens (primary N) is 1. The van der Waals surface area contributed by atoms with Gasteiger partial charge < -0.3 is 15.1 Å². The molecule has 88 valence electrons. The maximum Gasteiger partial charge on any atom is 0.258 e. The molecule has 0 spiro atoms. The maximum absolute atomic E-state index is 12.1. The molecule has 4 nitrogen and oxygen atoms in total. The van der Waals surface area contributed by atoms with Crippen molar-refractivity contribution < 1.29 is 9.21 Å². The van der Waals surface area contributed by atoms with E-state index in [2.05, 4.69) is 15.9 Å². The number of likely N-dealkylation sites (tertiary alicyclic amines) is 1. The monoisotopic (exact) mass is 286 g/mol. The summed E-state index contributed by atoms with van der Waals surface area (Å²) >= 11 is 3.22. The second-order valence-electron chi connectivity index (χ2n) is 4.27. The van der Waals surface area contributed by atoms with Gasteiger partial charge in [-0.1, -0.05) is 0 Å². The molecule has 16 heavy (non-hydrogen) atoms. The third-order valence-corrected chi connectivity index (χ3v) is 3.72. The summed E-state index contributed by atoms with van der Waals surface area (Å²) in [6.07, 6.45) is 2.50. The van der Waals surface area contributed by atoms with Crippen molar-refractivity contribution in [2.24, 2.45) is 11.7 Å². The SMILES string of the molecule is CC(N)C1CCN(C(=O)c2ccoc2Br)C1. The highest BCUT2D eigenvalue weighted by Gasteiger charge is 2.30. The lowest BCUT2D eigenvalue weighted by Crippen LogP contribution is -2.32.